The number of primary amides is 1. The topological polar surface area (TPSA) is 82.0 Å². The maximum absolute atomic E-state index is 11.4. The Labute approximate surface area is 98.8 Å². The molecule has 86 valence electrons. The van der Waals surface area contributed by atoms with Gasteiger partial charge in [0.1, 0.15) is 5.54 Å². The van der Waals surface area contributed by atoms with Crippen LogP contribution in [-0.4, -0.2) is 22.2 Å². The normalized spacial score (nSPS) is 19.1. The average molecular weight is 237 g/mol. The third-order valence-corrected chi connectivity index (χ3v) is 4.12. The number of carbonyl (C=O) groups is 1. The van der Waals surface area contributed by atoms with Crippen LogP contribution in [0, 0.1) is 5.92 Å². The Bertz CT molecular complexity index is 380. The number of hydrogen-bond acceptors (Lipinski definition) is 4. The molecule has 4 nitrogen and oxygen atoms in total. The first-order valence-electron chi connectivity index (χ1n) is 5.24. The lowest BCUT2D eigenvalue weighted by Gasteiger charge is -2.25. The van der Waals surface area contributed by atoms with E-state index in [0.29, 0.717) is 5.75 Å². The molecule has 0 bridgehead atoms. The van der Waals surface area contributed by atoms with Gasteiger partial charge in [-0.2, -0.15) is 0 Å². The molecule has 1 aromatic heterocycles. The molecule has 0 radical (unpaired) electrons. The number of nitrogens with zero attached hydrogens (tertiary/aromatic N) is 1. The van der Waals surface area contributed by atoms with Crippen molar-refractivity contribution in [3.05, 3.63) is 24.5 Å². The summed E-state index contributed by atoms with van der Waals surface area (Å²) in [5.74, 6) is 0.410. The van der Waals surface area contributed by atoms with Crippen molar-refractivity contribution in [2.45, 2.75) is 23.3 Å². The minimum atomic E-state index is -0.853. The fraction of sp³-hybridized carbons (Fsp3) is 0.455. The molecular weight excluding hydrogens is 222 g/mol. The van der Waals surface area contributed by atoms with E-state index in [-0.39, 0.29) is 5.92 Å². The third-order valence-electron chi connectivity index (χ3n) is 2.89. The van der Waals surface area contributed by atoms with Crippen molar-refractivity contribution >= 4 is 17.7 Å². The van der Waals surface area contributed by atoms with Crippen molar-refractivity contribution in [1.82, 2.24) is 4.98 Å². The van der Waals surface area contributed by atoms with Crippen LogP contribution < -0.4 is 11.5 Å². The highest BCUT2D eigenvalue weighted by molar-refractivity contribution is 7.99. The Hall–Kier alpha value is -1.07. The molecule has 1 amide bonds. The van der Waals surface area contributed by atoms with Gasteiger partial charge in [-0.1, -0.05) is 0 Å². The summed E-state index contributed by atoms with van der Waals surface area (Å²) in [6, 6.07) is 3.80. The molecule has 4 N–H and O–H groups in total. The Kier molecular flexibility index (Phi) is 3.16. The van der Waals surface area contributed by atoms with Crippen LogP contribution in [0.1, 0.15) is 12.8 Å². The van der Waals surface area contributed by atoms with Gasteiger partial charge in [-0.3, -0.25) is 9.78 Å². The third kappa shape index (κ3) is 2.36. The Morgan fingerprint density at radius 3 is 2.62 bits per heavy atom. The van der Waals surface area contributed by atoms with Gasteiger partial charge in [-0.05, 0) is 30.9 Å². The molecule has 1 saturated carbocycles. The zero-order valence-electron chi connectivity index (χ0n) is 8.93. The molecule has 1 fully saturated rings. The Morgan fingerprint density at radius 2 is 2.12 bits per heavy atom. The van der Waals surface area contributed by atoms with E-state index >= 15 is 0 Å². The lowest BCUT2D eigenvalue weighted by Crippen LogP contribution is -2.56. The molecule has 2 rings (SSSR count). The smallest absolute Gasteiger partial charge is 0.238 e. The maximum Gasteiger partial charge on any atom is 0.238 e. The van der Waals surface area contributed by atoms with Gasteiger partial charge in [0.25, 0.3) is 0 Å². The minimum absolute atomic E-state index is 0.263. The van der Waals surface area contributed by atoms with Crippen molar-refractivity contribution in [1.29, 1.82) is 0 Å². The standard InChI is InChI=1S/C11H15N3OS/c12-10(15)11(13,8-1-2-8)7-16-9-3-5-14-6-4-9/h3-6,8H,1-2,7,13H2,(H2,12,15). The molecule has 16 heavy (non-hydrogen) atoms. The second-order valence-corrected chi connectivity index (χ2v) is 5.20. The van der Waals surface area contributed by atoms with Crippen molar-refractivity contribution in [2.75, 3.05) is 5.75 Å². The predicted molar refractivity (Wildman–Crippen MR) is 63.8 cm³/mol. The molecule has 0 aliphatic heterocycles. The van der Waals surface area contributed by atoms with Crippen LogP contribution >= 0.6 is 11.8 Å². The van der Waals surface area contributed by atoms with Crippen molar-refractivity contribution in [2.24, 2.45) is 17.4 Å². The van der Waals surface area contributed by atoms with Crippen LogP contribution in [0.2, 0.25) is 0 Å². The van der Waals surface area contributed by atoms with Crippen LogP contribution in [-0.2, 0) is 4.79 Å². The van der Waals surface area contributed by atoms with Crippen molar-refractivity contribution in [3.63, 3.8) is 0 Å². The lowest BCUT2D eigenvalue weighted by atomic mass is 9.96. The summed E-state index contributed by atoms with van der Waals surface area (Å²) in [6.07, 6.45) is 5.47. The summed E-state index contributed by atoms with van der Waals surface area (Å²) < 4.78 is 0. The maximum atomic E-state index is 11.4. The Balaban J connectivity index is 2.00. The first-order valence-corrected chi connectivity index (χ1v) is 6.23. The van der Waals surface area contributed by atoms with Crippen LogP contribution in [0.25, 0.3) is 0 Å². The first-order chi connectivity index (χ1) is 7.63. The average Bonchev–Trinajstić information content (AvgIpc) is 3.11. The van der Waals surface area contributed by atoms with Gasteiger partial charge in [0.05, 0.1) is 0 Å². The molecule has 0 spiro atoms. The highest BCUT2D eigenvalue weighted by atomic mass is 32.2. The van der Waals surface area contributed by atoms with E-state index in [4.69, 9.17) is 11.5 Å². The molecule has 1 heterocycles. The molecule has 1 unspecified atom stereocenters. The SMILES string of the molecule is NC(=O)C(N)(CSc1ccncc1)C1CC1. The zero-order valence-corrected chi connectivity index (χ0v) is 9.74. The Morgan fingerprint density at radius 1 is 1.50 bits per heavy atom. The largest absolute Gasteiger partial charge is 0.368 e. The van der Waals surface area contributed by atoms with Crippen LogP contribution in [0.5, 0.6) is 0 Å². The minimum Gasteiger partial charge on any atom is -0.368 e. The molecular formula is C11H15N3OS. The van der Waals surface area contributed by atoms with Gasteiger partial charge in [-0.15, -0.1) is 11.8 Å². The van der Waals surface area contributed by atoms with Gasteiger partial charge in [0.2, 0.25) is 5.91 Å². The number of aromatic nitrogens is 1. The summed E-state index contributed by atoms with van der Waals surface area (Å²) >= 11 is 1.56. The summed E-state index contributed by atoms with van der Waals surface area (Å²) in [5, 5.41) is 0. The second kappa shape index (κ2) is 4.43. The van der Waals surface area contributed by atoms with Crippen LogP contribution in [0.3, 0.4) is 0 Å². The number of nitrogens with two attached hydrogens (primary N) is 2. The molecule has 1 atom stereocenters. The van der Waals surface area contributed by atoms with Crippen LogP contribution in [0.4, 0.5) is 0 Å². The highest BCUT2D eigenvalue weighted by Crippen LogP contribution is 2.40. The van der Waals surface area contributed by atoms with E-state index in [1.54, 1.807) is 24.2 Å². The summed E-state index contributed by atoms with van der Waals surface area (Å²) in [4.78, 5) is 16.4. The van der Waals surface area contributed by atoms with Gasteiger partial charge >= 0.3 is 0 Å². The van der Waals surface area contributed by atoms with Gasteiger partial charge in [-0.25, -0.2) is 0 Å². The van der Waals surface area contributed by atoms with E-state index in [0.717, 1.165) is 17.7 Å². The summed E-state index contributed by atoms with van der Waals surface area (Å²) in [6.45, 7) is 0. The van der Waals surface area contributed by atoms with Gasteiger partial charge < -0.3 is 11.5 Å². The summed E-state index contributed by atoms with van der Waals surface area (Å²) in [5.41, 5.74) is 10.6. The number of carbonyl (C=O) groups excluding carboxylic acids is 1. The number of pyridine rings is 1. The van der Waals surface area contributed by atoms with Gasteiger partial charge in [0.15, 0.2) is 0 Å². The van der Waals surface area contributed by atoms with E-state index in [2.05, 4.69) is 4.98 Å². The molecule has 0 saturated heterocycles. The molecule has 1 aliphatic carbocycles. The number of hydrogen-bond donors (Lipinski definition) is 2. The number of amides is 1. The lowest BCUT2D eigenvalue weighted by molar-refractivity contribution is -0.123. The fourth-order valence-electron chi connectivity index (χ4n) is 1.63. The molecule has 1 aliphatic rings. The molecule has 5 heteroatoms. The first kappa shape index (κ1) is 11.4. The van der Waals surface area contributed by atoms with E-state index < -0.39 is 11.4 Å². The van der Waals surface area contributed by atoms with Crippen LogP contribution in [0.15, 0.2) is 29.4 Å². The van der Waals surface area contributed by atoms with Crippen molar-refractivity contribution in [3.8, 4) is 0 Å². The quantitative estimate of drug-likeness (QED) is 0.741. The fourth-order valence-corrected chi connectivity index (χ4v) is 2.72. The van der Waals surface area contributed by atoms with Gasteiger partial charge in [0, 0.05) is 23.0 Å². The van der Waals surface area contributed by atoms with E-state index in [1.165, 1.54) is 0 Å². The predicted octanol–water partition coefficient (Wildman–Crippen LogP) is 0.766. The highest BCUT2D eigenvalue weighted by Gasteiger charge is 2.46. The van der Waals surface area contributed by atoms with E-state index in [9.17, 15) is 4.79 Å². The molecule has 0 aromatic carbocycles. The van der Waals surface area contributed by atoms with E-state index in [1.807, 2.05) is 12.1 Å². The zero-order chi connectivity index (χ0) is 11.6. The summed E-state index contributed by atoms with van der Waals surface area (Å²) in [7, 11) is 0. The number of rotatable bonds is 5. The number of thioether (sulfide) groups is 1. The monoisotopic (exact) mass is 237 g/mol. The second-order valence-electron chi connectivity index (χ2n) is 4.15. The molecule has 1 aromatic rings. The van der Waals surface area contributed by atoms with Crippen molar-refractivity contribution < 1.29 is 4.79 Å².